The minimum Gasteiger partial charge on any atom is -0.385 e. The number of hydrogen-bond acceptors (Lipinski definition) is 3. The molecule has 3 heteroatoms. The Labute approximate surface area is 94.2 Å². The van der Waals surface area contributed by atoms with E-state index in [0.29, 0.717) is 12.1 Å². The summed E-state index contributed by atoms with van der Waals surface area (Å²) in [5.41, 5.74) is 0. The van der Waals surface area contributed by atoms with Crippen LogP contribution < -0.4 is 5.32 Å². The van der Waals surface area contributed by atoms with E-state index in [0.717, 1.165) is 25.6 Å². The van der Waals surface area contributed by atoms with E-state index in [4.69, 9.17) is 4.74 Å². The Morgan fingerprint density at radius 1 is 1.40 bits per heavy atom. The topological polar surface area (TPSA) is 24.5 Å². The molecule has 1 aliphatic rings. The minimum atomic E-state index is 0.556. The number of ether oxygens (including phenoxy) is 1. The molecule has 1 rings (SSSR count). The van der Waals surface area contributed by atoms with E-state index in [9.17, 15) is 0 Å². The second-order valence-electron chi connectivity index (χ2n) is 4.84. The van der Waals surface area contributed by atoms with E-state index in [1.807, 2.05) is 0 Å². The fourth-order valence-electron chi connectivity index (χ4n) is 1.75. The summed E-state index contributed by atoms with van der Waals surface area (Å²) >= 11 is 0. The Hall–Kier alpha value is -0.120. The normalized spacial score (nSPS) is 20.6. The molecule has 0 aromatic heterocycles. The predicted molar refractivity (Wildman–Crippen MR) is 64.2 cm³/mol. The molecule has 0 aromatic rings. The Balaban J connectivity index is 2.06. The van der Waals surface area contributed by atoms with Crippen LogP contribution in [0.5, 0.6) is 0 Å². The lowest BCUT2D eigenvalue weighted by molar-refractivity contribution is 0.180. The van der Waals surface area contributed by atoms with Crippen LogP contribution in [-0.4, -0.2) is 50.3 Å². The second kappa shape index (κ2) is 6.46. The standard InChI is InChI=1S/C12H26N2O/c1-10(7-8-15-4)13-9-11(2)14(3)12-5-6-12/h10-13H,5-9H2,1-4H3. The van der Waals surface area contributed by atoms with Gasteiger partial charge in [0, 0.05) is 38.4 Å². The molecular formula is C12H26N2O. The molecule has 1 aliphatic carbocycles. The lowest BCUT2D eigenvalue weighted by Gasteiger charge is -2.26. The third-order valence-corrected chi connectivity index (χ3v) is 3.33. The largest absolute Gasteiger partial charge is 0.385 e. The number of nitrogens with zero attached hydrogens (tertiary/aromatic N) is 1. The van der Waals surface area contributed by atoms with Gasteiger partial charge in [0.15, 0.2) is 0 Å². The van der Waals surface area contributed by atoms with Crippen LogP contribution in [0.1, 0.15) is 33.1 Å². The summed E-state index contributed by atoms with van der Waals surface area (Å²) in [4.78, 5) is 2.50. The Kier molecular flexibility index (Phi) is 5.58. The van der Waals surface area contributed by atoms with Gasteiger partial charge in [-0.1, -0.05) is 0 Å². The maximum Gasteiger partial charge on any atom is 0.0476 e. The SMILES string of the molecule is COCCC(C)NCC(C)N(C)C1CC1. The van der Waals surface area contributed by atoms with Gasteiger partial charge in [0.2, 0.25) is 0 Å². The predicted octanol–water partition coefficient (Wildman–Crippen LogP) is 1.48. The van der Waals surface area contributed by atoms with Gasteiger partial charge in [-0.3, -0.25) is 4.90 Å². The van der Waals surface area contributed by atoms with Crippen molar-refractivity contribution in [2.75, 3.05) is 27.3 Å². The van der Waals surface area contributed by atoms with Gasteiger partial charge in [-0.2, -0.15) is 0 Å². The Bertz CT molecular complexity index is 171. The van der Waals surface area contributed by atoms with Gasteiger partial charge in [0.05, 0.1) is 0 Å². The smallest absolute Gasteiger partial charge is 0.0476 e. The van der Waals surface area contributed by atoms with E-state index in [1.165, 1.54) is 12.8 Å². The van der Waals surface area contributed by atoms with Crippen molar-refractivity contribution in [1.82, 2.24) is 10.2 Å². The highest BCUT2D eigenvalue weighted by Gasteiger charge is 2.28. The van der Waals surface area contributed by atoms with Crippen LogP contribution in [0.2, 0.25) is 0 Å². The Morgan fingerprint density at radius 2 is 2.07 bits per heavy atom. The fourth-order valence-corrected chi connectivity index (χ4v) is 1.75. The highest BCUT2D eigenvalue weighted by atomic mass is 16.5. The van der Waals surface area contributed by atoms with Crippen LogP contribution in [0.15, 0.2) is 0 Å². The molecule has 0 amide bonds. The van der Waals surface area contributed by atoms with E-state index in [-0.39, 0.29) is 0 Å². The van der Waals surface area contributed by atoms with Gasteiger partial charge in [-0.25, -0.2) is 0 Å². The first-order valence-corrected chi connectivity index (χ1v) is 6.09. The first kappa shape index (κ1) is 12.9. The summed E-state index contributed by atoms with van der Waals surface area (Å²) in [6.07, 6.45) is 3.87. The maximum atomic E-state index is 5.06. The zero-order valence-corrected chi connectivity index (χ0v) is 10.6. The summed E-state index contributed by atoms with van der Waals surface area (Å²) in [6, 6.07) is 2.05. The van der Waals surface area contributed by atoms with Crippen LogP contribution in [0.3, 0.4) is 0 Å². The van der Waals surface area contributed by atoms with Crippen LogP contribution in [0.4, 0.5) is 0 Å². The molecule has 1 saturated carbocycles. The lowest BCUT2D eigenvalue weighted by Crippen LogP contribution is -2.42. The van der Waals surface area contributed by atoms with Crippen LogP contribution in [0.25, 0.3) is 0 Å². The number of rotatable bonds is 8. The summed E-state index contributed by atoms with van der Waals surface area (Å²) in [5.74, 6) is 0. The van der Waals surface area contributed by atoms with E-state index >= 15 is 0 Å². The zero-order chi connectivity index (χ0) is 11.3. The molecule has 2 unspecified atom stereocenters. The van der Waals surface area contributed by atoms with Gasteiger partial charge in [0.1, 0.15) is 0 Å². The molecule has 1 fully saturated rings. The van der Waals surface area contributed by atoms with Gasteiger partial charge >= 0.3 is 0 Å². The Morgan fingerprint density at radius 3 is 2.60 bits per heavy atom. The first-order valence-electron chi connectivity index (χ1n) is 6.09. The van der Waals surface area contributed by atoms with Crippen molar-refractivity contribution >= 4 is 0 Å². The average Bonchev–Trinajstić information content (AvgIpc) is 3.05. The molecule has 1 N–H and O–H groups in total. The molecule has 0 saturated heterocycles. The molecule has 0 bridgehead atoms. The van der Waals surface area contributed by atoms with Crippen molar-refractivity contribution in [1.29, 1.82) is 0 Å². The average molecular weight is 214 g/mol. The number of methoxy groups -OCH3 is 1. The summed E-state index contributed by atoms with van der Waals surface area (Å²) in [6.45, 7) is 6.45. The van der Waals surface area contributed by atoms with Crippen LogP contribution in [0, 0.1) is 0 Å². The van der Waals surface area contributed by atoms with E-state index in [1.54, 1.807) is 7.11 Å². The molecule has 0 aliphatic heterocycles. The molecule has 3 nitrogen and oxygen atoms in total. The van der Waals surface area contributed by atoms with Crippen LogP contribution in [-0.2, 0) is 4.74 Å². The summed E-state index contributed by atoms with van der Waals surface area (Å²) in [5, 5.41) is 3.56. The maximum absolute atomic E-state index is 5.06. The van der Waals surface area contributed by atoms with Crippen molar-refractivity contribution in [3.05, 3.63) is 0 Å². The third-order valence-electron chi connectivity index (χ3n) is 3.33. The van der Waals surface area contributed by atoms with Crippen LogP contribution >= 0.6 is 0 Å². The molecule has 90 valence electrons. The van der Waals surface area contributed by atoms with E-state index < -0.39 is 0 Å². The van der Waals surface area contributed by atoms with Gasteiger partial charge in [-0.15, -0.1) is 0 Å². The van der Waals surface area contributed by atoms with Crippen molar-refractivity contribution in [3.8, 4) is 0 Å². The molecule has 15 heavy (non-hydrogen) atoms. The third kappa shape index (κ3) is 4.96. The highest BCUT2D eigenvalue weighted by Crippen LogP contribution is 2.26. The molecule has 0 spiro atoms. The van der Waals surface area contributed by atoms with Gasteiger partial charge in [-0.05, 0) is 40.2 Å². The molecular weight excluding hydrogens is 188 g/mol. The highest BCUT2D eigenvalue weighted by molar-refractivity contribution is 4.86. The van der Waals surface area contributed by atoms with Crippen molar-refractivity contribution in [2.45, 2.75) is 51.2 Å². The monoisotopic (exact) mass is 214 g/mol. The second-order valence-corrected chi connectivity index (χ2v) is 4.84. The summed E-state index contributed by atoms with van der Waals surface area (Å²) < 4.78 is 5.06. The van der Waals surface area contributed by atoms with Crippen molar-refractivity contribution in [2.24, 2.45) is 0 Å². The molecule has 0 heterocycles. The van der Waals surface area contributed by atoms with Crippen molar-refractivity contribution < 1.29 is 4.74 Å². The first-order chi connectivity index (χ1) is 7.15. The number of nitrogens with one attached hydrogen (secondary N) is 1. The van der Waals surface area contributed by atoms with Gasteiger partial charge in [0.25, 0.3) is 0 Å². The van der Waals surface area contributed by atoms with E-state index in [2.05, 4.69) is 31.1 Å². The van der Waals surface area contributed by atoms with Gasteiger partial charge < -0.3 is 10.1 Å². The number of likely N-dealkylation sites (N-methyl/N-ethyl adjacent to an activating group) is 1. The zero-order valence-electron chi connectivity index (χ0n) is 10.6. The fraction of sp³-hybridized carbons (Fsp3) is 1.00. The summed E-state index contributed by atoms with van der Waals surface area (Å²) in [7, 11) is 4.00. The minimum absolute atomic E-state index is 0.556. The van der Waals surface area contributed by atoms with Crippen molar-refractivity contribution in [3.63, 3.8) is 0 Å². The molecule has 2 atom stereocenters. The molecule has 0 aromatic carbocycles. The lowest BCUT2D eigenvalue weighted by atomic mass is 10.2. The quantitative estimate of drug-likeness (QED) is 0.662. The molecule has 0 radical (unpaired) electrons. The number of hydrogen-bond donors (Lipinski definition) is 1.